The van der Waals surface area contributed by atoms with E-state index in [1.54, 1.807) is 7.11 Å². The Bertz CT molecular complexity index is 431. The fourth-order valence-electron chi connectivity index (χ4n) is 3.62. The van der Waals surface area contributed by atoms with Crippen molar-refractivity contribution in [2.45, 2.75) is 63.6 Å². The number of amides is 2. The highest BCUT2D eigenvalue weighted by Crippen LogP contribution is 2.25. The Kier molecular flexibility index (Phi) is 11.1. The number of carbonyl (C=O) groups excluding carboxylic acids is 2. The van der Waals surface area contributed by atoms with Gasteiger partial charge in [-0.25, -0.2) is 0 Å². The van der Waals surface area contributed by atoms with Crippen molar-refractivity contribution in [1.29, 1.82) is 0 Å². The number of methoxy groups -OCH3 is 1. The molecule has 0 bridgehead atoms. The van der Waals surface area contributed by atoms with E-state index in [1.807, 2.05) is 0 Å². The lowest BCUT2D eigenvalue weighted by Gasteiger charge is -2.33. The van der Waals surface area contributed by atoms with Crippen molar-refractivity contribution in [3.63, 3.8) is 0 Å². The molecular weight excluding hydrogens is 358 g/mol. The van der Waals surface area contributed by atoms with Gasteiger partial charge in [-0.15, -0.1) is 12.4 Å². The summed E-state index contributed by atoms with van der Waals surface area (Å²) in [5, 5.41) is 9.62. The smallest absolute Gasteiger partial charge is 0.246 e. The van der Waals surface area contributed by atoms with Crippen LogP contribution < -0.4 is 16.0 Å². The Balaban J connectivity index is 0.00000338. The summed E-state index contributed by atoms with van der Waals surface area (Å²) in [5.41, 5.74) is 0. The molecule has 26 heavy (non-hydrogen) atoms. The Hall–Kier alpha value is -0.890. The van der Waals surface area contributed by atoms with Crippen LogP contribution in [0.5, 0.6) is 0 Å². The Morgan fingerprint density at radius 3 is 2.46 bits per heavy atom. The molecule has 2 fully saturated rings. The quantitative estimate of drug-likeness (QED) is 0.537. The van der Waals surface area contributed by atoms with Crippen LogP contribution in [0.25, 0.3) is 0 Å². The first-order chi connectivity index (χ1) is 12.1. The molecule has 2 aliphatic rings. The summed E-state index contributed by atoms with van der Waals surface area (Å²) in [6, 6.07) is 0.729. The van der Waals surface area contributed by atoms with Crippen LogP contribution in [0, 0.1) is 5.92 Å². The lowest BCUT2D eigenvalue weighted by Crippen LogP contribution is -2.53. The topological polar surface area (TPSA) is 88.7 Å². The molecule has 0 radical (unpaired) electrons. The van der Waals surface area contributed by atoms with E-state index in [4.69, 9.17) is 9.47 Å². The zero-order chi connectivity index (χ0) is 18.1. The molecule has 7 nitrogen and oxygen atoms in total. The predicted molar refractivity (Wildman–Crippen MR) is 102 cm³/mol. The number of nitrogens with one attached hydrogen (secondary N) is 3. The summed E-state index contributed by atoms with van der Waals surface area (Å²) in [6.07, 6.45) is 5.52. The van der Waals surface area contributed by atoms with Gasteiger partial charge >= 0.3 is 0 Å². The highest BCUT2D eigenvalue weighted by atomic mass is 35.5. The van der Waals surface area contributed by atoms with Gasteiger partial charge in [0.2, 0.25) is 11.8 Å². The lowest BCUT2D eigenvalue weighted by atomic mass is 9.85. The molecule has 2 unspecified atom stereocenters. The van der Waals surface area contributed by atoms with E-state index < -0.39 is 0 Å². The van der Waals surface area contributed by atoms with Gasteiger partial charge in [-0.2, -0.15) is 0 Å². The van der Waals surface area contributed by atoms with Crippen LogP contribution in [0.2, 0.25) is 0 Å². The molecule has 152 valence electrons. The van der Waals surface area contributed by atoms with E-state index in [2.05, 4.69) is 22.9 Å². The van der Waals surface area contributed by atoms with Crippen LogP contribution in [0.3, 0.4) is 0 Å². The molecule has 2 rings (SSSR count). The number of piperidine rings is 1. The first-order valence-electron chi connectivity index (χ1n) is 9.50. The molecule has 8 heteroatoms. The second-order valence-corrected chi connectivity index (χ2v) is 7.16. The van der Waals surface area contributed by atoms with Crippen LogP contribution in [0.1, 0.15) is 45.4 Å². The van der Waals surface area contributed by atoms with E-state index >= 15 is 0 Å². The van der Waals surface area contributed by atoms with Gasteiger partial charge in [-0.05, 0) is 52.0 Å². The second kappa shape index (κ2) is 12.5. The molecular formula is C18H34ClN3O4. The lowest BCUT2D eigenvalue weighted by molar-refractivity contribution is -0.128. The molecule has 2 atom stereocenters. The van der Waals surface area contributed by atoms with Crippen LogP contribution >= 0.6 is 12.4 Å². The Labute approximate surface area is 162 Å². The molecule has 3 N–H and O–H groups in total. The highest BCUT2D eigenvalue weighted by molar-refractivity contribution is 5.85. The van der Waals surface area contributed by atoms with Crippen molar-refractivity contribution in [3.05, 3.63) is 0 Å². The van der Waals surface area contributed by atoms with Gasteiger partial charge in [-0.3, -0.25) is 9.59 Å². The van der Waals surface area contributed by atoms with Crippen LogP contribution in [0.15, 0.2) is 0 Å². The van der Waals surface area contributed by atoms with E-state index in [0.29, 0.717) is 19.3 Å². The predicted octanol–water partition coefficient (Wildman–Crippen LogP) is 1.00. The number of carbonyl (C=O) groups is 2. The normalized spacial score (nSPS) is 28.7. The standard InChI is InChI=1S/C18H33N3O4.ClH/c1-13-16(4-3-9-19-13)21-18(23)14-5-7-15(8-6-14)20-17(22)12-25-11-10-24-2;/h13-16,19H,3-12H2,1-2H3,(H,20,22)(H,21,23);1H. The number of hydrogen-bond donors (Lipinski definition) is 3. The molecule has 1 saturated carbocycles. The monoisotopic (exact) mass is 391 g/mol. The molecule has 2 amide bonds. The Morgan fingerprint density at radius 2 is 1.81 bits per heavy atom. The van der Waals surface area contributed by atoms with Crippen LogP contribution in [-0.2, 0) is 19.1 Å². The van der Waals surface area contributed by atoms with Gasteiger partial charge in [0.15, 0.2) is 0 Å². The van der Waals surface area contributed by atoms with E-state index in [9.17, 15) is 9.59 Å². The van der Waals surface area contributed by atoms with Gasteiger partial charge in [0.25, 0.3) is 0 Å². The average Bonchev–Trinajstić information content (AvgIpc) is 2.61. The molecule has 1 saturated heterocycles. The fourth-order valence-corrected chi connectivity index (χ4v) is 3.62. The number of rotatable bonds is 8. The van der Waals surface area contributed by atoms with Crippen LogP contribution in [0.4, 0.5) is 0 Å². The molecule has 1 heterocycles. The number of hydrogen-bond acceptors (Lipinski definition) is 5. The van der Waals surface area contributed by atoms with Crippen LogP contribution in [-0.4, -0.2) is 63.4 Å². The van der Waals surface area contributed by atoms with Gasteiger partial charge in [0, 0.05) is 31.2 Å². The second-order valence-electron chi connectivity index (χ2n) is 7.16. The minimum Gasteiger partial charge on any atom is -0.382 e. The molecule has 0 spiro atoms. The van der Waals surface area contributed by atoms with Gasteiger partial charge in [0.05, 0.1) is 13.2 Å². The summed E-state index contributed by atoms with van der Waals surface area (Å²) < 4.78 is 10.1. The average molecular weight is 392 g/mol. The first kappa shape index (κ1) is 23.1. The third-order valence-electron chi connectivity index (χ3n) is 5.22. The zero-order valence-corrected chi connectivity index (χ0v) is 16.7. The van der Waals surface area contributed by atoms with Crippen molar-refractivity contribution < 1.29 is 19.1 Å². The van der Waals surface area contributed by atoms with E-state index in [1.165, 1.54) is 0 Å². The van der Waals surface area contributed by atoms with Crippen molar-refractivity contribution in [2.75, 3.05) is 33.5 Å². The van der Waals surface area contributed by atoms with E-state index in [0.717, 1.165) is 45.1 Å². The highest BCUT2D eigenvalue weighted by Gasteiger charge is 2.30. The van der Waals surface area contributed by atoms with Gasteiger partial charge < -0.3 is 25.4 Å². The van der Waals surface area contributed by atoms with Gasteiger partial charge in [-0.1, -0.05) is 0 Å². The number of ether oxygens (including phenoxy) is 2. The fraction of sp³-hybridized carbons (Fsp3) is 0.889. The largest absolute Gasteiger partial charge is 0.382 e. The zero-order valence-electron chi connectivity index (χ0n) is 15.9. The molecule has 0 aromatic carbocycles. The van der Waals surface area contributed by atoms with Crippen molar-refractivity contribution in [2.24, 2.45) is 5.92 Å². The number of halogens is 1. The summed E-state index contributed by atoms with van der Waals surface area (Å²) in [4.78, 5) is 24.3. The first-order valence-corrected chi connectivity index (χ1v) is 9.50. The van der Waals surface area contributed by atoms with Crippen molar-refractivity contribution in [3.8, 4) is 0 Å². The third-order valence-corrected chi connectivity index (χ3v) is 5.22. The minimum absolute atomic E-state index is 0. The van der Waals surface area contributed by atoms with Crippen molar-refractivity contribution in [1.82, 2.24) is 16.0 Å². The minimum atomic E-state index is -0.0916. The SMILES string of the molecule is COCCOCC(=O)NC1CCC(C(=O)NC2CCCNC2C)CC1.Cl. The maximum absolute atomic E-state index is 12.5. The molecule has 0 aromatic heterocycles. The van der Waals surface area contributed by atoms with Gasteiger partial charge in [0.1, 0.15) is 6.61 Å². The third kappa shape index (κ3) is 7.78. The summed E-state index contributed by atoms with van der Waals surface area (Å²) in [6.45, 7) is 4.14. The van der Waals surface area contributed by atoms with E-state index in [-0.39, 0.29) is 48.8 Å². The van der Waals surface area contributed by atoms with Crippen molar-refractivity contribution >= 4 is 24.2 Å². The Morgan fingerprint density at radius 1 is 1.08 bits per heavy atom. The summed E-state index contributed by atoms with van der Waals surface area (Å²) in [5.74, 6) is 0.152. The maximum atomic E-state index is 12.5. The molecule has 1 aliphatic carbocycles. The summed E-state index contributed by atoms with van der Waals surface area (Å²) >= 11 is 0. The molecule has 0 aromatic rings. The summed E-state index contributed by atoms with van der Waals surface area (Å²) in [7, 11) is 1.60. The maximum Gasteiger partial charge on any atom is 0.246 e. The molecule has 1 aliphatic heterocycles.